The van der Waals surface area contributed by atoms with Gasteiger partial charge in [0.1, 0.15) is 6.61 Å². The molecule has 0 radical (unpaired) electrons. The Labute approximate surface area is 207 Å². The quantitative estimate of drug-likeness (QED) is 0.510. The number of benzene rings is 2. The fourth-order valence-corrected chi connectivity index (χ4v) is 4.37. The van der Waals surface area contributed by atoms with E-state index in [9.17, 15) is 14.4 Å². The predicted octanol–water partition coefficient (Wildman–Crippen LogP) is 3.24. The van der Waals surface area contributed by atoms with Gasteiger partial charge in [0.15, 0.2) is 0 Å². The second kappa shape index (κ2) is 12.4. The van der Waals surface area contributed by atoms with Gasteiger partial charge in [-0.25, -0.2) is 4.79 Å². The number of amides is 3. The zero-order chi connectivity index (χ0) is 25.3. The molecule has 1 fully saturated rings. The van der Waals surface area contributed by atoms with Gasteiger partial charge in [0, 0.05) is 25.3 Å². The van der Waals surface area contributed by atoms with Crippen molar-refractivity contribution >= 4 is 23.6 Å². The molecular formula is C27H36N4O4. The van der Waals surface area contributed by atoms with Gasteiger partial charge in [-0.2, -0.15) is 0 Å². The molecular weight excluding hydrogens is 444 g/mol. The minimum absolute atomic E-state index is 0.0667. The lowest BCUT2D eigenvalue weighted by atomic mass is 9.78. The van der Waals surface area contributed by atoms with E-state index in [0.29, 0.717) is 38.2 Å². The van der Waals surface area contributed by atoms with Crippen molar-refractivity contribution in [1.82, 2.24) is 10.2 Å². The maximum atomic E-state index is 13.4. The first-order valence-corrected chi connectivity index (χ1v) is 12.3. The average Bonchev–Trinajstić information content (AvgIpc) is 2.91. The average molecular weight is 481 g/mol. The summed E-state index contributed by atoms with van der Waals surface area (Å²) in [6.45, 7) is 5.17. The molecule has 188 valence electrons. The highest BCUT2D eigenvalue weighted by Crippen LogP contribution is 2.33. The molecule has 1 saturated heterocycles. The van der Waals surface area contributed by atoms with Gasteiger partial charge in [-0.1, -0.05) is 50.2 Å². The molecule has 0 aromatic heterocycles. The minimum atomic E-state index is -0.921. The summed E-state index contributed by atoms with van der Waals surface area (Å²) in [6.07, 6.45) is 1.94. The molecule has 0 unspecified atom stereocenters. The summed E-state index contributed by atoms with van der Waals surface area (Å²) in [6, 6.07) is 15.5. The molecule has 1 aliphatic heterocycles. The monoisotopic (exact) mass is 480 g/mol. The highest BCUT2D eigenvalue weighted by atomic mass is 16.5. The van der Waals surface area contributed by atoms with E-state index in [0.717, 1.165) is 18.4 Å². The number of likely N-dealkylation sites (tertiary alicyclic amines) is 1. The van der Waals surface area contributed by atoms with Crippen molar-refractivity contribution in [2.75, 3.05) is 31.6 Å². The number of anilines is 1. The van der Waals surface area contributed by atoms with E-state index in [2.05, 4.69) is 30.5 Å². The van der Waals surface area contributed by atoms with Crippen LogP contribution in [0.5, 0.6) is 0 Å². The lowest BCUT2D eigenvalue weighted by molar-refractivity contribution is -0.142. The fraction of sp³-hybridized carbons (Fsp3) is 0.444. The van der Waals surface area contributed by atoms with E-state index in [1.807, 2.05) is 42.5 Å². The van der Waals surface area contributed by atoms with E-state index < -0.39 is 11.5 Å². The number of rotatable bonds is 9. The van der Waals surface area contributed by atoms with E-state index in [4.69, 9.17) is 10.5 Å². The van der Waals surface area contributed by atoms with Crippen LogP contribution in [-0.4, -0.2) is 49.0 Å². The first-order chi connectivity index (χ1) is 16.9. The summed E-state index contributed by atoms with van der Waals surface area (Å²) in [4.78, 5) is 39.6. The van der Waals surface area contributed by atoms with Crippen LogP contribution in [0.1, 0.15) is 43.4 Å². The SMILES string of the molecule is CCc1ccc(NC(=O)OCC2(C(=O)NCc3ccccc3CC)CCN(C(=O)CN)CC2)cc1. The Morgan fingerprint density at radius 2 is 1.63 bits per heavy atom. The van der Waals surface area contributed by atoms with E-state index in [-0.39, 0.29) is 25.0 Å². The second-order valence-electron chi connectivity index (χ2n) is 8.92. The van der Waals surface area contributed by atoms with Gasteiger partial charge in [0.05, 0.1) is 12.0 Å². The zero-order valence-electron chi connectivity index (χ0n) is 20.6. The maximum Gasteiger partial charge on any atom is 0.411 e. The molecule has 0 spiro atoms. The Bertz CT molecular complexity index is 1010. The highest BCUT2D eigenvalue weighted by molar-refractivity contribution is 5.86. The molecule has 1 heterocycles. The molecule has 0 atom stereocenters. The Kier molecular flexibility index (Phi) is 9.25. The first kappa shape index (κ1) is 26.2. The smallest absolute Gasteiger partial charge is 0.411 e. The summed E-state index contributed by atoms with van der Waals surface area (Å²) in [5.74, 6) is -0.326. The predicted molar refractivity (Wildman–Crippen MR) is 136 cm³/mol. The van der Waals surface area contributed by atoms with Crippen LogP contribution in [0.2, 0.25) is 0 Å². The molecule has 2 aromatic carbocycles. The van der Waals surface area contributed by atoms with Crippen molar-refractivity contribution in [2.45, 2.75) is 46.1 Å². The van der Waals surface area contributed by atoms with Crippen LogP contribution in [-0.2, 0) is 33.7 Å². The third kappa shape index (κ3) is 6.82. The first-order valence-electron chi connectivity index (χ1n) is 12.3. The number of piperidine rings is 1. The van der Waals surface area contributed by atoms with Gasteiger partial charge in [-0.05, 0) is 54.5 Å². The number of carbonyl (C=O) groups is 3. The van der Waals surface area contributed by atoms with Crippen LogP contribution in [0.3, 0.4) is 0 Å². The second-order valence-corrected chi connectivity index (χ2v) is 8.92. The Hall–Kier alpha value is -3.39. The van der Waals surface area contributed by atoms with Gasteiger partial charge in [-0.3, -0.25) is 14.9 Å². The molecule has 2 aromatic rings. The number of aryl methyl sites for hydroxylation is 2. The van der Waals surface area contributed by atoms with Crippen LogP contribution in [0.4, 0.5) is 10.5 Å². The van der Waals surface area contributed by atoms with Crippen molar-refractivity contribution in [3.8, 4) is 0 Å². The number of nitrogens with two attached hydrogens (primary N) is 1. The number of carbonyl (C=O) groups excluding carboxylic acids is 3. The topological polar surface area (TPSA) is 114 Å². The minimum Gasteiger partial charge on any atom is -0.448 e. The summed E-state index contributed by atoms with van der Waals surface area (Å²) in [7, 11) is 0. The van der Waals surface area contributed by atoms with Crippen molar-refractivity contribution < 1.29 is 19.1 Å². The Balaban J connectivity index is 1.67. The molecule has 3 rings (SSSR count). The van der Waals surface area contributed by atoms with E-state index >= 15 is 0 Å². The van der Waals surface area contributed by atoms with Crippen LogP contribution < -0.4 is 16.4 Å². The summed E-state index contributed by atoms with van der Waals surface area (Å²) in [5.41, 5.74) is 8.62. The largest absolute Gasteiger partial charge is 0.448 e. The van der Waals surface area contributed by atoms with Crippen molar-refractivity contribution in [3.05, 3.63) is 65.2 Å². The van der Waals surface area contributed by atoms with Crippen molar-refractivity contribution in [1.29, 1.82) is 0 Å². The zero-order valence-corrected chi connectivity index (χ0v) is 20.6. The number of nitrogens with one attached hydrogen (secondary N) is 2. The normalized spacial score (nSPS) is 14.8. The fourth-order valence-electron chi connectivity index (χ4n) is 4.37. The molecule has 8 heteroatoms. The van der Waals surface area contributed by atoms with Crippen molar-refractivity contribution in [2.24, 2.45) is 11.1 Å². The molecule has 3 amide bonds. The van der Waals surface area contributed by atoms with Crippen molar-refractivity contribution in [3.63, 3.8) is 0 Å². The highest BCUT2D eigenvalue weighted by Gasteiger charge is 2.43. The number of hydrogen-bond acceptors (Lipinski definition) is 5. The molecule has 1 aliphatic rings. The van der Waals surface area contributed by atoms with Gasteiger partial charge in [-0.15, -0.1) is 0 Å². The standard InChI is InChI=1S/C27H36N4O4/c1-3-20-9-11-23(12-10-20)30-26(34)35-19-27(13-15-31(16-14-27)24(32)17-28)25(33)29-18-22-8-6-5-7-21(22)4-2/h5-12H,3-4,13-19,28H2,1-2H3,(H,29,33)(H,30,34). The van der Waals surface area contributed by atoms with E-state index in [1.165, 1.54) is 11.1 Å². The summed E-state index contributed by atoms with van der Waals surface area (Å²) in [5, 5.41) is 5.77. The van der Waals surface area contributed by atoms with Gasteiger partial charge < -0.3 is 20.7 Å². The lowest BCUT2D eigenvalue weighted by Crippen LogP contribution is -2.53. The molecule has 0 aliphatic carbocycles. The molecule has 0 saturated carbocycles. The number of nitrogens with zero attached hydrogens (tertiary/aromatic N) is 1. The van der Waals surface area contributed by atoms with E-state index in [1.54, 1.807) is 4.90 Å². The number of hydrogen-bond donors (Lipinski definition) is 3. The maximum absolute atomic E-state index is 13.4. The third-order valence-corrected chi connectivity index (χ3v) is 6.76. The number of ether oxygens (including phenoxy) is 1. The lowest BCUT2D eigenvalue weighted by Gasteiger charge is -2.40. The molecule has 4 N–H and O–H groups in total. The molecule has 0 bridgehead atoms. The summed E-state index contributed by atoms with van der Waals surface area (Å²) < 4.78 is 5.55. The Morgan fingerprint density at radius 3 is 2.23 bits per heavy atom. The van der Waals surface area contributed by atoms with Crippen LogP contribution in [0, 0.1) is 5.41 Å². The Morgan fingerprint density at radius 1 is 0.971 bits per heavy atom. The third-order valence-electron chi connectivity index (χ3n) is 6.76. The van der Waals surface area contributed by atoms with Gasteiger partial charge >= 0.3 is 6.09 Å². The van der Waals surface area contributed by atoms with Crippen LogP contribution >= 0.6 is 0 Å². The summed E-state index contributed by atoms with van der Waals surface area (Å²) >= 11 is 0. The molecule has 35 heavy (non-hydrogen) atoms. The van der Waals surface area contributed by atoms with Gasteiger partial charge in [0.2, 0.25) is 11.8 Å². The van der Waals surface area contributed by atoms with Gasteiger partial charge in [0.25, 0.3) is 0 Å². The van der Waals surface area contributed by atoms with Crippen LogP contribution in [0.15, 0.2) is 48.5 Å². The van der Waals surface area contributed by atoms with Crippen LogP contribution in [0.25, 0.3) is 0 Å². The molecule has 8 nitrogen and oxygen atoms in total.